The molecule has 0 unspecified atom stereocenters. The molecule has 0 aliphatic carbocycles. The second-order valence-electron chi connectivity index (χ2n) is 4.62. The quantitative estimate of drug-likeness (QED) is 0.889. The van der Waals surface area contributed by atoms with Crippen LogP contribution in [0.3, 0.4) is 0 Å². The summed E-state index contributed by atoms with van der Waals surface area (Å²) in [4.78, 5) is 10.5. The molecule has 1 saturated heterocycles. The van der Waals surface area contributed by atoms with Gasteiger partial charge in [0.05, 0.1) is 5.92 Å². The Morgan fingerprint density at radius 2 is 2.15 bits per heavy atom. The molecule has 5 nitrogen and oxygen atoms in total. The van der Waals surface area contributed by atoms with Crippen LogP contribution in [-0.2, 0) is 14.8 Å². The maximum atomic E-state index is 13.8. The predicted octanol–water partition coefficient (Wildman–Crippen LogP) is 2.07. The summed E-state index contributed by atoms with van der Waals surface area (Å²) in [6, 6.07) is 3.69. The van der Waals surface area contributed by atoms with E-state index in [0.29, 0.717) is 17.3 Å². The molecule has 1 heterocycles. The van der Waals surface area contributed by atoms with Crippen LogP contribution in [0, 0.1) is 11.7 Å². The molecule has 1 aliphatic rings. The molecule has 1 atom stereocenters. The number of benzene rings is 1. The summed E-state index contributed by atoms with van der Waals surface area (Å²) in [7, 11) is -4.00. The molecule has 1 N–H and O–H groups in total. The number of carboxylic acid groups (broad SMARTS) is 1. The number of piperidine rings is 1. The molecule has 20 heavy (non-hydrogen) atoms. The van der Waals surface area contributed by atoms with Gasteiger partial charge in [-0.15, -0.1) is 0 Å². The van der Waals surface area contributed by atoms with Gasteiger partial charge in [-0.2, -0.15) is 4.31 Å². The van der Waals surface area contributed by atoms with Crippen LogP contribution < -0.4 is 0 Å². The molecule has 1 fully saturated rings. The minimum absolute atomic E-state index is 0.118. The van der Waals surface area contributed by atoms with Crippen LogP contribution in [-0.4, -0.2) is 36.9 Å². The number of rotatable bonds is 3. The topological polar surface area (TPSA) is 74.7 Å². The third-order valence-electron chi connectivity index (χ3n) is 3.25. The Kier molecular flexibility index (Phi) is 4.46. The Labute approximate surface area is 124 Å². The summed E-state index contributed by atoms with van der Waals surface area (Å²) in [5, 5.41) is 8.98. The molecule has 8 heteroatoms. The van der Waals surface area contributed by atoms with E-state index in [1.165, 1.54) is 12.1 Å². The largest absolute Gasteiger partial charge is 0.481 e. The van der Waals surface area contributed by atoms with E-state index in [1.807, 2.05) is 0 Å². The van der Waals surface area contributed by atoms with Gasteiger partial charge in [-0.25, -0.2) is 12.8 Å². The number of nitrogens with zero attached hydrogens (tertiary/aromatic N) is 1. The Morgan fingerprint density at radius 1 is 1.45 bits per heavy atom. The molecular formula is C12H13BrFNO4S. The summed E-state index contributed by atoms with van der Waals surface area (Å²) < 4.78 is 40.0. The van der Waals surface area contributed by atoms with E-state index in [1.54, 1.807) is 0 Å². The van der Waals surface area contributed by atoms with Gasteiger partial charge in [0.15, 0.2) is 0 Å². The Balaban J connectivity index is 2.32. The second kappa shape index (κ2) is 5.79. The highest BCUT2D eigenvalue weighted by atomic mass is 79.9. The number of aliphatic carboxylic acids is 1. The zero-order valence-electron chi connectivity index (χ0n) is 10.4. The summed E-state index contributed by atoms with van der Waals surface area (Å²) in [5.41, 5.74) is 0. The lowest BCUT2D eigenvalue weighted by atomic mass is 10.0. The normalized spacial score (nSPS) is 20.8. The third kappa shape index (κ3) is 3.02. The number of carbonyl (C=O) groups is 1. The van der Waals surface area contributed by atoms with Crippen molar-refractivity contribution >= 4 is 31.9 Å². The number of hydrogen-bond acceptors (Lipinski definition) is 3. The number of halogens is 2. The molecule has 1 aromatic rings. The first-order valence-corrected chi connectivity index (χ1v) is 8.23. The van der Waals surface area contributed by atoms with Gasteiger partial charge in [0.1, 0.15) is 10.7 Å². The van der Waals surface area contributed by atoms with Gasteiger partial charge < -0.3 is 5.11 Å². The molecule has 0 radical (unpaired) electrons. The monoisotopic (exact) mass is 365 g/mol. The molecule has 1 aromatic carbocycles. The standard InChI is InChI=1S/C12H13BrFNO4S/c13-9-3-4-11(10(14)6-9)20(18,19)15-5-1-2-8(7-15)12(16)17/h3-4,6,8H,1-2,5,7H2,(H,16,17)/t8-/m1/s1. The van der Waals surface area contributed by atoms with Crippen molar-refractivity contribution in [2.24, 2.45) is 5.92 Å². The average Bonchev–Trinajstić information content (AvgIpc) is 2.38. The smallest absolute Gasteiger partial charge is 0.307 e. The molecule has 0 spiro atoms. The van der Waals surface area contributed by atoms with Crippen LogP contribution in [0.2, 0.25) is 0 Å². The van der Waals surface area contributed by atoms with Crippen molar-refractivity contribution < 1.29 is 22.7 Å². The fourth-order valence-corrected chi connectivity index (χ4v) is 4.09. The zero-order chi connectivity index (χ0) is 14.9. The van der Waals surface area contributed by atoms with Crippen molar-refractivity contribution in [3.05, 3.63) is 28.5 Å². The van der Waals surface area contributed by atoms with Crippen LogP contribution in [0.15, 0.2) is 27.6 Å². The van der Waals surface area contributed by atoms with Gasteiger partial charge in [-0.05, 0) is 31.0 Å². The Bertz CT molecular complexity index is 634. The van der Waals surface area contributed by atoms with Crippen LogP contribution in [0.5, 0.6) is 0 Å². The summed E-state index contributed by atoms with van der Waals surface area (Å²) >= 11 is 3.06. The first kappa shape index (κ1) is 15.4. The number of carboxylic acids is 1. The number of hydrogen-bond donors (Lipinski definition) is 1. The van der Waals surface area contributed by atoms with Gasteiger partial charge in [-0.1, -0.05) is 15.9 Å². The lowest BCUT2D eigenvalue weighted by Gasteiger charge is -2.29. The third-order valence-corrected chi connectivity index (χ3v) is 5.64. The summed E-state index contributed by atoms with van der Waals surface area (Å²) in [5.74, 6) is -2.62. The lowest BCUT2D eigenvalue weighted by Crippen LogP contribution is -2.42. The van der Waals surface area contributed by atoms with Crippen LogP contribution >= 0.6 is 15.9 Å². The average molecular weight is 366 g/mol. The SMILES string of the molecule is O=C(O)[C@@H]1CCCN(S(=O)(=O)c2ccc(Br)cc2F)C1. The van der Waals surface area contributed by atoms with E-state index in [4.69, 9.17) is 5.11 Å². The van der Waals surface area contributed by atoms with Crippen LogP contribution in [0.25, 0.3) is 0 Å². The van der Waals surface area contributed by atoms with E-state index < -0.39 is 32.6 Å². The van der Waals surface area contributed by atoms with Crippen molar-refractivity contribution in [1.29, 1.82) is 0 Å². The maximum Gasteiger partial charge on any atom is 0.307 e. The van der Waals surface area contributed by atoms with Crippen molar-refractivity contribution in [2.45, 2.75) is 17.7 Å². The first-order chi connectivity index (χ1) is 9.32. The highest BCUT2D eigenvalue weighted by Crippen LogP contribution is 2.26. The highest BCUT2D eigenvalue weighted by Gasteiger charge is 2.34. The van der Waals surface area contributed by atoms with Gasteiger partial charge in [-0.3, -0.25) is 4.79 Å². The Morgan fingerprint density at radius 3 is 2.75 bits per heavy atom. The van der Waals surface area contributed by atoms with Crippen molar-refractivity contribution in [3.8, 4) is 0 Å². The van der Waals surface area contributed by atoms with Crippen molar-refractivity contribution in [3.63, 3.8) is 0 Å². The molecule has 0 saturated carbocycles. The fraction of sp³-hybridized carbons (Fsp3) is 0.417. The van der Waals surface area contributed by atoms with Crippen molar-refractivity contribution in [1.82, 2.24) is 4.31 Å². The Hall–Kier alpha value is -0.990. The summed E-state index contributed by atoms with van der Waals surface area (Å²) in [6.07, 6.45) is 0.887. The van der Waals surface area contributed by atoms with E-state index in [2.05, 4.69) is 15.9 Å². The van der Waals surface area contributed by atoms with Crippen LogP contribution in [0.4, 0.5) is 4.39 Å². The molecule has 1 aliphatic heterocycles. The molecule has 0 bridgehead atoms. The summed E-state index contributed by atoms with van der Waals surface area (Å²) in [6.45, 7) is 0.0921. The van der Waals surface area contributed by atoms with Gasteiger partial charge >= 0.3 is 5.97 Å². The highest BCUT2D eigenvalue weighted by molar-refractivity contribution is 9.10. The minimum Gasteiger partial charge on any atom is -0.481 e. The molecular weight excluding hydrogens is 353 g/mol. The predicted molar refractivity (Wildman–Crippen MR) is 73.2 cm³/mol. The van der Waals surface area contributed by atoms with Gasteiger partial charge in [0.25, 0.3) is 0 Å². The fourth-order valence-electron chi connectivity index (χ4n) is 2.19. The maximum absolute atomic E-state index is 13.8. The first-order valence-electron chi connectivity index (χ1n) is 6.00. The van der Waals surface area contributed by atoms with Gasteiger partial charge in [0.2, 0.25) is 10.0 Å². The van der Waals surface area contributed by atoms with E-state index >= 15 is 0 Å². The molecule has 2 rings (SSSR count). The van der Waals surface area contributed by atoms with E-state index in [-0.39, 0.29) is 13.1 Å². The molecule has 0 aromatic heterocycles. The lowest BCUT2D eigenvalue weighted by molar-refractivity contribution is -0.142. The second-order valence-corrected chi connectivity index (χ2v) is 7.44. The molecule has 110 valence electrons. The molecule has 0 amide bonds. The van der Waals surface area contributed by atoms with E-state index in [9.17, 15) is 17.6 Å². The van der Waals surface area contributed by atoms with Gasteiger partial charge in [0, 0.05) is 17.6 Å². The van der Waals surface area contributed by atoms with E-state index in [0.717, 1.165) is 10.4 Å². The van der Waals surface area contributed by atoms with Crippen molar-refractivity contribution in [2.75, 3.05) is 13.1 Å². The minimum atomic E-state index is -4.00. The number of sulfonamides is 1. The zero-order valence-corrected chi connectivity index (χ0v) is 12.8. The van der Waals surface area contributed by atoms with Crippen LogP contribution in [0.1, 0.15) is 12.8 Å².